The van der Waals surface area contributed by atoms with Crippen LogP contribution in [-0.4, -0.2) is 12.1 Å². The molecule has 0 bridgehead atoms. The van der Waals surface area contributed by atoms with Gasteiger partial charge in [0.15, 0.2) is 0 Å². The van der Waals surface area contributed by atoms with E-state index in [1.807, 2.05) is 6.07 Å². The molecule has 2 nitrogen and oxygen atoms in total. The maximum atomic E-state index is 5.18. The highest BCUT2D eigenvalue weighted by Crippen LogP contribution is 2.20. The Kier molecular flexibility index (Phi) is 3.78. The Balaban J connectivity index is 2.89. The summed E-state index contributed by atoms with van der Waals surface area (Å²) in [4.78, 5) is 4.11. The number of nitrogens with zero attached hydrogens (tertiary/aromatic N) is 1. The van der Waals surface area contributed by atoms with E-state index < -0.39 is 0 Å². The number of ether oxygens (including phenoxy) is 1. The Hall–Kier alpha value is -1.01. The molecule has 0 saturated carbocycles. The Morgan fingerprint density at radius 2 is 2.46 bits per heavy atom. The number of terminal acetylenes is 1. The van der Waals surface area contributed by atoms with Gasteiger partial charge in [-0.25, -0.2) is 4.98 Å². The third-order valence-electron chi connectivity index (χ3n) is 1.62. The minimum atomic E-state index is 0.651. The SMILES string of the molecule is C#CCCc1cc(Br)cnc1OC. The molecule has 0 amide bonds. The van der Waals surface area contributed by atoms with E-state index in [0.717, 1.165) is 16.5 Å². The molecule has 3 heteroatoms. The predicted molar refractivity (Wildman–Crippen MR) is 55.6 cm³/mol. The lowest BCUT2D eigenvalue weighted by Crippen LogP contribution is -1.94. The van der Waals surface area contributed by atoms with Gasteiger partial charge in [0.05, 0.1) is 7.11 Å². The molecule has 0 saturated heterocycles. The first-order valence-electron chi connectivity index (χ1n) is 3.89. The fourth-order valence-electron chi connectivity index (χ4n) is 1.04. The molecule has 0 aliphatic heterocycles. The zero-order chi connectivity index (χ0) is 9.68. The summed E-state index contributed by atoms with van der Waals surface area (Å²) < 4.78 is 6.04. The topological polar surface area (TPSA) is 22.1 Å². The smallest absolute Gasteiger partial charge is 0.216 e. The first-order valence-corrected chi connectivity index (χ1v) is 4.69. The molecule has 1 rings (SSSR count). The summed E-state index contributed by atoms with van der Waals surface area (Å²) >= 11 is 3.35. The highest BCUT2D eigenvalue weighted by Gasteiger charge is 2.03. The minimum Gasteiger partial charge on any atom is -0.481 e. The van der Waals surface area contributed by atoms with E-state index >= 15 is 0 Å². The largest absolute Gasteiger partial charge is 0.481 e. The molecule has 0 atom stereocenters. The maximum absolute atomic E-state index is 5.18. The van der Waals surface area contributed by atoms with Crippen molar-refractivity contribution in [1.82, 2.24) is 4.98 Å². The van der Waals surface area contributed by atoms with Gasteiger partial charge in [-0.3, -0.25) is 0 Å². The van der Waals surface area contributed by atoms with Crippen molar-refractivity contribution in [3.8, 4) is 18.2 Å². The van der Waals surface area contributed by atoms with Crippen molar-refractivity contribution in [2.24, 2.45) is 0 Å². The van der Waals surface area contributed by atoms with Gasteiger partial charge in [0.2, 0.25) is 5.88 Å². The van der Waals surface area contributed by atoms with Gasteiger partial charge < -0.3 is 4.74 Å². The molecule has 1 aromatic rings. The van der Waals surface area contributed by atoms with E-state index in [4.69, 9.17) is 11.2 Å². The van der Waals surface area contributed by atoms with Crippen LogP contribution >= 0.6 is 15.9 Å². The van der Waals surface area contributed by atoms with Gasteiger partial charge in [0, 0.05) is 22.7 Å². The molecule has 0 unspecified atom stereocenters. The van der Waals surface area contributed by atoms with Gasteiger partial charge in [-0.2, -0.15) is 0 Å². The van der Waals surface area contributed by atoms with Gasteiger partial charge in [-0.1, -0.05) is 0 Å². The van der Waals surface area contributed by atoms with E-state index in [2.05, 4.69) is 26.8 Å². The number of halogens is 1. The molecule has 0 aliphatic carbocycles. The lowest BCUT2D eigenvalue weighted by molar-refractivity contribution is 0.392. The monoisotopic (exact) mass is 239 g/mol. The summed E-state index contributed by atoms with van der Waals surface area (Å²) in [6.07, 6.45) is 8.39. The highest BCUT2D eigenvalue weighted by atomic mass is 79.9. The van der Waals surface area contributed by atoms with Crippen molar-refractivity contribution in [2.45, 2.75) is 12.8 Å². The van der Waals surface area contributed by atoms with Crippen molar-refractivity contribution in [3.63, 3.8) is 0 Å². The Labute approximate surface area is 86.5 Å². The molecule has 68 valence electrons. The van der Waals surface area contributed by atoms with Crippen LogP contribution in [0.25, 0.3) is 0 Å². The van der Waals surface area contributed by atoms with Crippen LogP contribution in [0.3, 0.4) is 0 Å². The first-order chi connectivity index (χ1) is 6.27. The summed E-state index contributed by atoms with van der Waals surface area (Å²) in [5, 5.41) is 0. The van der Waals surface area contributed by atoms with Crippen LogP contribution in [0.1, 0.15) is 12.0 Å². The molecule has 0 spiro atoms. The summed E-state index contributed by atoms with van der Waals surface area (Å²) in [5.41, 5.74) is 1.04. The fourth-order valence-corrected chi connectivity index (χ4v) is 1.42. The third kappa shape index (κ3) is 2.74. The van der Waals surface area contributed by atoms with Crippen LogP contribution in [0.15, 0.2) is 16.7 Å². The van der Waals surface area contributed by atoms with Crippen molar-refractivity contribution < 1.29 is 4.74 Å². The van der Waals surface area contributed by atoms with Crippen molar-refractivity contribution in [3.05, 3.63) is 22.3 Å². The number of aromatic nitrogens is 1. The van der Waals surface area contributed by atoms with Crippen molar-refractivity contribution >= 4 is 15.9 Å². The average Bonchev–Trinajstić information content (AvgIpc) is 2.15. The summed E-state index contributed by atoms with van der Waals surface area (Å²) in [5.74, 6) is 3.24. The van der Waals surface area contributed by atoms with Crippen molar-refractivity contribution in [1.29, 1.82) is 0 Å². The second-order valence-electron chi connectivity index (χ2n) is 2.53. The van der Waals surface area contributed by atoms with E-state index in [9.17, 15) is 0 Å². The molecular weight excluding hydrogens is 230 g/mol. The van der Waals surface area contributed by atoms with Gasteiger partial charge in [-0.15, -0.1) is 12.3 Å². The summed E-state index contributed by atoms with van der Waals surface area (Å²) in [7, 11) is 1.61. The van der Waals surface area contributed by atoms with Crippen LogP contribution in [0, 0.1) is 12.3 Å². The normalized spacial score (nSPS) is 9.31. The highest BCUT2D eigenvalue weighted by molar-refractivity contribution is 9.10. The molecule has 0 aromatic carbocycles. The second kappa shape index (κ2) is 4.88. The second-order valence-corrected chi connectivity index (χ2v) is 3.44. The molecular formula is C10H10BrNO. The van der Waals surface area contributed by atoms with Crippen LogP contribution in [0.2, 0.25) is 0 Å². The molecule has 1 aromatic heterocycles. The Morgan fingerprint density at radius 1 is 1.69 bits per heavy atom. The van der Waals surface area contributed by atoms with Gasteiger partial charge in [0.25, 0.3) is 0 Å². The zero-order valence-corrected chi connectivity index (χ0v) is 8.97. The lowest BCUT2D eigenvalue weighted by atomic mass is 10.1. The van der Waals surface area contributed by atoms with E-state index in [1.165, 1.54) is 0 Å². The number of hydrogen-bond acceptors (Lipinski definition) is 2. The Bertz CT molecular complexity index is 330. The number of aryl methyl sites for hydroxylation is 1. The average molecular weight is 240 g/mol. The summed E-state index contributed by atoms with van der Waals surface area (Å²) in [6.45, 7) is 0. The fraction of sp³-hybridized carbons (Fsp3) is 0.300. The zero-order valence-electron chi connectivity index (χ0n) is 7.38. The van der Waals surface area contributed by atoms with Crippen LogP contribution in [0.5, 0.6) is 5.88 Å². The predicted octanol–water partition coefficient (Wildman–Crippen LogP) is 2.42. The minimum absolute atomic E-state index is 0.651. The lowest BCUT2D eigenvalue weighted by Gasteiger charge is -2.05. The first kappa shape index (κ1) is 10.1. The quantitative estimate of drug-likeness (QED) is 0.757. The Morgan fingerprint density at radius 3 is 3.08 bits per heavy atom. The molecule has 1 heterocycles. The van der Waals surface area contributed by atoms with Crippen LogP contribution in [-0.2, 0) is 6.42 Å². The van der Waals surface area contributed by atoms with Gasteiger partial charge in [0.1, 0.15) is 0 Å². The number of pyridine rings is 1. The van der Waals surface area contributed by atoms with Crippen LogP contribution < -0.4 is 4.74 Å². The third-order valence-corrected chi connectivity index (χ3v) is 2.06. The number of rotatable bonds is 3. The van der Waals surface area contributed by atoms with E-state index in [1.54, 1.807) is 13.3 Å². The summed E-state index contributed by atoms with van der Waals surface area (Å²) in [6, 6.07) is 1.98. The van der Waals surface area contributed by atoms with Crippen LogP contribution in [0.4, 0.5) is 0 Å². The van der Waals surface area contributed by atoms with E-state index in [0.29, 0.717) is 12.3 Å². The van der Waals surface area contributed by atoms with Gasteiger partial charge >= 0.3 is 0 Å². The molecule has 0 N–H and O–H groups in total. The molecule has 13 heavy (non-hydrogen) atoms. The maximum Gasteiger partial charge on any atom is 0.216 e. The number of hydrogen-bond donors (Lipinski definition) is 0. The van der Waals surface area contributed by atoms with Crippen molar-refractivity contribution in [2.75, 3.05) is 7.11 Å². The molecule has 0 aliphatic rings. The van der Waals surface area contributed by atoms with E-state index in [-0.39, 0.29) is 0 Å². The molecule has 0 fully saturated rings. The molecule has 0 radical (unpaired) electrons. The standard InChI is InChI=1S/C10H10BrNO/c1-3-4-5-8-6-9(11)7-12-10(8)13-2/h1,6-7H,4-5H2,2H3. The van der Waals surface area contributed by atoms with Gasteiger partial charge in [-0.05, 0) is 28.4 Å². The number of methoxy groups -OCH3 is 1.